The summed E-state index contributed by atoms with van der Waals surface area (Å²) in [5.74, 6) is -2.46. The molecule has 0 N–H and O–H groups in total. The second kappa shape index (κ2) is 10.8. The van der Waals surface area contributed by atoms with Crippen molar-refractivity contribution in [1.29, 1.82) is 0 Å². The molecule has 0 bridgehead atoms. The number of halogens is 5. The summed E-state index contributed by atoms with van der Waals surface area (Å²) in [7, 11) is 1.43. The Labute approximate surface area is 236 Å². The van der Waals surface area contributed by atoms with Gasteiger partial charge in [0, 0.05) is 53.9 Å². The van der Waals surface area contributed by atoms with E-state index in [1.54, 1.807) is 23.6 Å². The summed E-state index contributed by atoms with van der Waals surface area (Å²) in [6.07, 6.45) is -3.80. The number of methoxy groups -OCH3 is 1. The fourth-order valence-corrected chi connectivity index (χ4v) is 7.20. The zero-order chi connectivity index (χ0) is 29.8. The van der Waals surface area contributed by atoms with Crippen LogP contribution < -0.4 is 10.6 Å². The Balaban J connectivity index is 1.85. The zero-order valence-corrected chi connectivity index (χ0v) is 23.3. The number of hydrogen-bond donors (Lipinski definition) is 0. The van der Waals surface area contributed by atoms with Crippen molar-refractivity contribution >= 4 is 34.4 Å². The topological polar surface area (TPSA) is 67.7 Å². The molecule has 2 aromatic carbocycles. The molecule has 1 aromatic heterocycles. The molecule has 2 aliphatic rings. The van der Waals surface area contributed by atoms with Crippen molar-refractivity contribution in [3.63, 3.8) is 0 Å². The molecule has 218 valence electrons. The minimum Gasteiger partial charge on any atom is -0.383 e. The van der Waals surface area contributed by atoms with E-state index < -0.39 is 46.2 Å². The lowest BCUT2D eigenvalue weighted by molar-refractivity contribution is -0.137. The normalized spacial score (nSPS) is 20.9. The van der Waals surface area contributed by atoms with Crippen molar-refractivity contribution in [3.8, 4) is 11.1 Å². The molecule has 1 amide bonds. The van der Waals surface area contributed by atoms with Gasteiger partial charge < -0.3 is 14.5 Å². The molecule has 3 atom stereocenters. The number of thioether (sulfide) groups is 1. The molecule has 2 aliphatic heterocycles. The maximum absolute atomic E-state index is 15.0. The number of anilines is 1. The van der Waals surface area contributed by atoms with Gasteiger partial charge in [0.1, 0.15) is 17.5 Å². The summed E-state index contributed by atoms with van der Waals surface area (Å²) in [6, 6.07) is 2.37. The number of carbonyl (C=O) groups excluding carboxylic acids is 1. The van der Waals surface area contributed by atoms with E-state index in [4.69, 9.17) is 4.74 Å². The third-order valence-corrected chi connectivity index (χ3v) is 8.69. The number of hydrogen-bond acceptors (Lipinski definition) is 6. The van der Waals surface area contributed by atoms with Gasteiger partial charge in [-0.1, -0.05) is 12.6 Å². The summed E-state index contributed by atoms with van der Waals surface area (Å²) in [4.78, 5) is 33.5. The Morgan fingerprint density at radius 1 is 1.17 bits per heavy atom. The van der Waals surface area contributed by atoms with Gasteiger partial charge in [0.25, 0.3) is 0 Å². The maximum atomic E-state index is 15.0. The second-order valence-corrected chi connectivity index (χ2v) is 11.2. The van der Waals surface area contributed by atoms with E-state index in [0.29, 0.717) is 0 Å². The predicted octanol–water partition coefficient (Wildman–Crippen LogP) is 5.27. The van der Waals surface area contributed by atoms with Gasteiger partial charge >= 0.3 is 11.9 Å². The number of amides is 1. The standard InChI is InChI=1S/C28H27F5N4O3S/c1-5-21(38)36-14(2)10-35(11-15(36)3)26-17-9-18(28(31,32)33)22(23-19(29)7-6-8-20(23)30)25-24(17)37(27(39)34-26)16(12-40-4)13-41-25/h5-9,14-16H,1,10-13H2,2-4H3/t14-,15+,16-/m0/s1. The molecule has 0 spiro atoms. The van der Waals surface area contributed by atoms with E-state index >= 15 is 8.78 Å². The molecule has 7 nitrogen and oxygen atoms in total. The molecule has 0 unspecified atom stereocenters. The quantitative estimate of drug-likeness (QED) is 0.297. The van der Waals surface area contributed by atoms with E-state index in [9.17, 15) is 22.8 Å². The number of aromatic nitrogens is 2. The SMILES string of the molecule is C=CC(=O)N1[C@H](C)CN(c2nc(=O)n3c4c(c(-c5c(F)cccc5F)c(C(F)(F)F)cc24)SC[C@@H]3COC)C[C@@H]1C. The summed E-state index contributed by atoms with van der Waals surface area (Å²) < 4.78 is 80.7. The molecule has 3 heterocycles. The first-order valence-electron chi connectivity index (χ1n) is 12.8. The van der Waals surface area contributed by atoms with Gasteiger partial charge in [-0.15, -0.1) is 11.8 Å². The third kappa shape index (κ3) is 4.88. The highest BCUT2D eigenvalue weighted by atomic mass is 32.2. The number of rotatable bonds is 5. The van der Waals surface area contributed by atoms with E-state index in [2.05, 4.69) is 11.6 Å². The Kier molecular flexibility index (Phi) is 7.62. The molecule has 13 heteroatoms. The van der Waals surface area contributed by atoms with Crippen LogP contribution in [0.2, 0.25) is 0 Å². The summed E-state index contributed by atoms with van der Waals surface area (Å²) >= 11 is 0.987. The zero-order valence-electron chi connectivity index (χ0n) is 22.5. The number of piperazine rings is 1. The van der Waals surface area contributed by atoms with Gasteiger partial charge in [0.15, 0.2) is 0 Å². The van der Waals surface area contributed by atoms with E-state index in [0.717, 1.165) is 36.0 Å². The highest BCUT2D eigenvalue weighted by molar-refractivity contribution is 7.99. The lowest BCUT2D eigenvalue weighted by atomic mass is 9.95. The first-order valence-corrected chi connectivity index (χ1v) is 13.8. The molecule has 0 aliphatic carbocycles. The van der Waals surface area contributed by atoms with Crippen LogP contribution in [0.15, 0.2) is 46.6 Å². The second-order valence-electron chi connectivity index (χ2n) is 10.2. The Morgan fingerprint density at radius 2 is 1.80 bits per heavy atom. The van der Waals surface area contributed by atoms with E-state index in [-0.39, 0.29) is 65.1 Å². The first-order chi connectivity index (χ1) is 19.4. The Bertz CT molecular complexity index is 1580. The number of alkyl halides is 3. The highest BCUT2D eigenvalue weighted by Crippen LogP contribution is 2.50. The third-order valence-electron chi connectivity index (χ3n) is 7.45. The molecule has 5 rings (SSSR count). The van der Waals surface area contributed by atoms with Crippen LogP contribution in [-0.4, -0.2) is 65.0 Å². The van der Waals surface area contributed by atoms with Crippen LogP contribution in [-0.2, 0) is 15.7 Å². The van der Waals surface area contributed by atoms with Gasteiger partial charge in [-0.2, -0.15) is 18.2 Å². The van der Waals surface area contributed by atoms with Crippen LogP contribution in [0.1, 0.15) is 25.5 Å². The molecule has 3 aromatic rings. The molecular formula is C28H27F5N4O3S. The average Bonchev–Trinajstić information content (AvgIpc) is 2.90. The van der Waals surface area contributed by atoms with Crippen LogP contribution in [0.25, 0.3) is 22.0 Å². The smallest absolute Gasteiger partial charge is 0.383 e. The van der Waals surface area contributed by atoms with Gasteiger partial charge in [-0.05, 0) is 38.1 Å². The summed E-state index contributed by atoms with van der Waals surface area (Å²) in [5.41, 5.74) is -3.33. The van der Waals surface area contributed by atoms with E-state index in [1.807, 2.05) is 0 Å². The van der Waals surface area contributed by atoms with Crippen molar-refractivity contribution in [1.82, 2.24) is 14.5 Å². The fourth-order valence-electron chi connectivity index (χ4n) is 5.89. The fraction of sp³-hybridized carbons (Fsp3) is 0.393. The van der Waals surface area contributed by atoms with Gasteiger partial charge in [-0.25, -0.2) is 13.6 Å². The Morgan fingerprint density at radius 3 is 2.37 bits per heavy atom. The molecule has 1 saturated heterocycles. The minimum absolute atomic E-state index is 0.0108. The van der Waals surface area contributed by atoms with Crippen LogP contribution >= 0.6 is 11.8 Å². The number of nitrogens with zero attached hydrogens (tertiary/aromatic N) is 4. The first kappa shape index (κ1) is 29.1. The monoisotopic (exact) mass is 594 g/mol. The van der Waals surface area contributed by atoms with Crippen LogP contribution in [0.3, 0.4) is 0 Å². The van der Waals surface area contributed by atoms with Gasteiger partial charge in [0.05, 0.1) is 29.3 Å². The number of benzene rings is 2. The van der Waals surface area contributed by atoms with Crippen LogP contribution in [0.4, 0.5) is 27.8 Å². The molecule has 41 heavy (non-hydrogen) atoms. The van der Waals surface area contributed by atoms with E-state index in [1.165, 1.54) is 17.8 Å². The largest absolute Gasteiger partial charge is 0.417 e. The van der Waals surface area contributed by atoms with Gasteiger partial charge in [0.2, 0.25) is 5.91 Å². The molecule has 0 saturated carbocycles. The summed E-state index contributed by atoms with van der Waals surface area (Å²) in [6.45, 7) is 7.55. The lowest BCUT2D eigenvalue weighted by Crippen LogP contribution is -2.58. The van der Waals surface area contributed by atoms with Crippen molar-refractivity contribution in [3.05, 3.63) is 64.6 Å². The minimum atomic E-state index is -4.99. The highest BCUT2D eigenvalue weighted by Gasteiger charge is 2.41. The molecular weight excluding hydrogens is 567 g/mol. The Hall–Kier alpha value is -3.45. The molecule has 0 radical (unpaired) electrons. The van der Waals surface area contributed by atoms with Crippen LogP contribution in [0.5, 0.6) is 0 Å². The average molecular weight is 595 g/mol. The lowest BCUT2D eigenvalue weighted by Gasteiger charge is -2.45. The van der Waals surface area contributed by atoms with Gasteiger partial charge in [-0.3, -0.25) is 9.36 Å². The van der Waals surface area contributed by atoms with Crippen molar-refractivity contribution < 1.29 is 31.5 Å². The predicted molar refractivity (Wildman–Crippen MR) is 146 cm³/mol. The maximum Gasteiger partial charge on any atom is 0.417 e. The molecule has 1 fully saturated rings. The van der Waals surface area contributed by atoms with Crippen molar-refractivity contribution in [2.24, 2.45) is 0 Å². The number of carbonyl (C=O) groups is 1. The van der Waals surface area contributed by atoms with Crippen molar-refractivity contribution in [2.75, 3.05) is 37.5 Å². The summed E-state index contributed by atoms with van der Waals surface area (Å²) in [5, 5.41) is 0.0172. The van der Waals surface area contributed by atoms with Crippen molar-refractivity contribution in [2.45, 2.75) is 43.0 Å². The number of ether oxygens (including phenoxy) is 1. The van der Waals surface area contributed by atoms with Crippen LogP contribution in [0, 0.1) is 11.6 Å².